The summed E-state index contributed by atoms with van der Waals surface area (Å²) in [6.45, 7) is -0.133. The second-order valence-electron chi connectivity index (χ2n) is 7.04. The van der Waals surface area contributed by atoms with Gasteiger partial charge in [-0.25, -0.2) is 4.98 Å². The van der Waals surface area contributed by atoms with Crippen LogP contribution in [0.4, 0.5) is 5.69 Å². The number of anilines is 1. The maximum Gasteiger partial charge on any atom is 0.262 e. The minimum Gasteiger partial charge on any atom is -0.482 e. The SMILES string of the molecule is O=C1COc2ccc(C(=O)Cn3cnc4sc5c(c4c3=O)CCCC5)cc2N1. The van der Waals surface area contributed by atoms with Crippen molar-refractivity contribution in [2.45, 2.75) is 32.2 Å². The third kappa shape index (κ3) is 2.80. The van der Waals surface area contributed by atoms with Gasteiger partial charge in [0.1, 0.15) is 10.6 Å². The third-order valence-electron chi connectivity index (χ3n) is 5.19. The Bertz CT molecular complexity index is 1190. The van der Waals surface area contributed by atoms with Gasteiger partial charge in [-0.05, 0) is 49.4 Å². The van der Waals surface area contributed by atoms with Crippen molar-refractivity contribution in [1.29, 1.82) is 0 Å². The lowest BCUT2D eigenvalue weighted by molar-refractivity contribution is -0.118. The van der Waals surface area contributed by atoms with E-state index in [0.717, 1.165) is 36.1 Å². The molecule has 0 unspecified atom stereocenters. The third-order valence-corrected chi connectivity index (χ3v) is 6.39. The molecule has 1 amide bonds. The summed E-state index contributed by atoms with van der Waals surface area (Å²) in [5, 5.41) is 3.36. The lowest BCUT2D eigenvalue weighted by atomic mass is 9.97. The first-order chi connectivity index (χ1) is 13.6. The largest absolute Gasteiger partial charge is 0.482 e. The molecule has 2 aliphatic rings. The predicted molar refractivity (Wildman–Crippen MR) is 105 cm³/mol. The minimum absolute atomic E-state index is 0.0354. The Morgan fingerprint density at radius 3 is 3.00 bits per heavy atom. The average Bonchev–Trinajstić information content (AvgIpc) is 3.08. The van der Waals surface area contributed by atoms with E-state index in [-0.39, 0.29) is 30.4 Å². The summed E-state index contributed by atoms with van der Waals surface area (Å²) < 4.78 is 6.69. The normalized spacial score (nSPS) is 15.5. The van der Waals surface area contributed by atoms with Crippen molar-refractivity contribution in [3.8, 4) is 5.75 Å². The Labute approximate surface area is 164 Å². The fourth-order valence-electron chi connectivity index (χ4n) is 3.80. The van der Waals surface area contributed by atoms with Crippen molar-refractivity contribution < 1.29 is 14.3 Å². The molecule has 28 heavy (non-hydrogen) atoms. The molecule has 7 nitrogen and oxygen atoms in total. The molecule has 0 radical (unpaired) electrons. The van der Waals surface area contributed by atoms with Gasteiger partial charge in [0.15, 0.2) is 12.4 Å². The summed E-state index contributed by atoms with van der Waals surface area (Å²) in [5.74, 6) is 0.0430. The van der Waals surface area contributed by atoms with Crippen molar-refractivity contribution in [3.63, 3.8) is 0 Å². The summed E-state index contributed by atoms with van der Waals surface area (Å²) in [6, 6.07) is 4.88. The van der Waals surface area contributed by atoms with Crippen LogP contribution in [0.25, 0.3) is 10.2 Å². The predicted octanol–water partition coefficient (Wildman–Crippen LogP) is 2.55. The molecule has 3 aromatic rings. The fraction of sp³-hybridized carbons (Fsp3) is 0.300. The number of ketones is 1. The Morgan fingerprint density at radius 1 is 1.25 bits per heavy atom. The molecule has 1 aliphatic heterocycles. The van der Waals surface area contributed by atoms with E-state index in [2.05, 4.69) is 10.3 Å². The van der Waals surface area contributed by atoms with Gasteiger partial charge in [-0.1, -0.05) is 0 Å². The highest BCUT2D eigenvalue weighted by Crippen LogP contribution is 2.33. The van der Waals surface area contributed by atoms with E-state index in [1.165, 1.54) is 15.8 Å². The number of aryl methyl sites for hydroxylation is 2. The van der Waals surface area contributed by atoms with Crippen molar-refractivity contribution >= 4 is 38.9 Å². The molecule has 1 N–H and O–H groups in total. The van der Waals surface area contributed by atoms with Crippen LogP contribution in [-0.2, 0) is 24.2 Å². The summed E-state index contributed by atoms with van der Waals surface area (Å²) in [6.07, 6.45) is 5.57. The monoisotopic (exact) mass is 395 g/mol. The zero-order chi connectivity index (χ0) is 19.3. The topological polar surface area (TPSA) is 90.3 Å². The molecule has 8 heteroatoms. The zero-order valence-corrected chi connectivity index (χ0v) is 15.8. The van der Waals surface area contributed by atoms with E-state index in [4.69, 9.17) is 4.74 Å². The number of rotatable bonds is 3. The molecular formula is C20H17N3O4S. The smallest absolute Gasteiger partial charge is 0.262 e. The summed E-state index contributed by atoms with van der Waals surface area (Å²) in [4.78, 5) is 43.7. The standard InChI is InChI=1S/C20H17N3O4S/c24-14(11-5-6-15-13(7-11)22-17(25)9-27-15)8-23-10-21-19-18(20(23)26)12-3-1-2-4-16(12)28-19/h5-7,10H,1-4,8-9H2,(H,22,25). The van der Waals surface area contributed by atoms with E-state index < -0.39 is 0 Å². The number of hydrogen-bond acceptors (Lipinski definition) is 6. The number of aromatic nitrogens is 2. The number of hydrogen-bond donors (Lipinski definition) is 1. The number of amides is 1. The van der Waals surface area contributed by atoms with Gasteiger partial charge in [0.2, 0.25) is 0 Å². The maximum absolute atomic E-state index is 13.0. The molecule has 0 fully saturated rings. The number of carbonyl (C=O) groups excluding carboxylic acids is 2. The number of ether oxygens (including phenoxy) is 1. The number of fused-ring (bicyclic) bond motifs is 4. The average molecular weight is 395 g/mol. The van der Waals surface area contributed by atoms with Crippen LogP contribution in [0, 0.1) is 0 Å². The van der Waals surface area contributed by atoms with Crippen LogP contribution in [0.1, 0.15) is 33.6 Å². The summed E-state index contributed by atoms with van der Waals surface area (Å²) in [7, 11) is 0. The maximum atomic E-state index is 13.0. The van der Waals surface area contributed by atoms with Crippen LogP contribution in [0.3, 0.4) is 0 Å². The van der Waals surface area contributed by atoms with E-state index in [1.807, 2.05) is 0 Å². The van der Waals surface area contributed by atoms with Gasteiger partial charge in [0.25, 0.3) is 11.5 Å². The van der Waals surface area contributed by atoms with Crippen LogP contribution >= 0.6 is 11.3 Å². The van der Waals surface area contributed by atoms with Crippen LogP contribution in [0.2, 0.25) is 0 Å². The van der Waals surface area contributed by atoms with E-state index in [1.54, 1.807) is 29.5 Å². The van der Waals surface area contributed by atoms with E-state index >= 15 is 0 Å². The van der Waals surface area contributed by atoms with Crippen LogP contribution in [0.15, 0.2) is 29.3 Å². The molecular weight excluding hydrogens is 378 g/mol. The zero-order valence-electron chi connectivity index (χ0n) is 15.0. The summed E-state index contributed by atoms with van der Waals surface area (Å²) in [5.41, 5.74) is 1.82. The Morgan fingerprint density at radius 2 is 2.11 bits per heavy atom. The molecule has 1 aromatic carbocycles. The molecule has 1 aliphatic carbocycles. The second kappa shape index (κ2) is 6.56. The lowest BCUT2D eigenvalue weighted by Gasteiger charge is -2.18. The minimum atomic E-state index is -0.259. The molecule has 0 saturated heterocycles. The molecule has 2 aromatic heterocycles. The molecule has 5 rings (SSSR count). The van der Waals surface area contributed by atoms with Gasteiger partial charge in [-0.3, -0.25) is 19.0 Å². The van der Waals surface area contributed by atoms with Crippen LogP contribution in [0.5, 0.6) is 5.75 Å². The molecule has 0 bridgehead atoms. The Kier molecular flexibility index (Phi) is 4.01. The number of benzene rings is 1. The van der Waals surface area contributed by atoms with Gasteiger partial charge < -0.3 is 10.1 Å². The highest BCUT2D eigenvalue weighted by molar-refractivity contribution is 7.18. The van der Waals surface area contributed by atoms with Gasteiger partial charge >= 0.3 is 0 Å². The van der Waals surface area contributed by atoms with Gasteiger partial charge in [-0.2, -0.15) is 0 Å². The Balaban J connectivity index is 1.48. The second-order valence-corrected chi connectivity index (χ2v) is 8.12. The first kappa shape index (κ1) is 17.1. The number of nitrogens with zero attached hydrogens (tertiary/aromatic N) is 2. The number of Topliss-reactive ketones (excluding diaryl/α,β-unsaturated/α-hetero) is 1. The highest BCUT2D eigenvalue weighted by atomic mass is 32.1. The van der Waals surface area contributed by atoms with Gasteiger partial charge in [0, 0.05) is 10.4 Å². The Hall–Kier alpha value is -3.00. The van der Waals surface area contributed by atoms with E-state index in [0.29, 0.717) is 22.4 Å². The first-order valence-electron chi connectivity index (χ1n) is 9.20. The highest BCUT2D eigenvalue weighted by Gasteiger charge is 2.21. The number of nitrogens with one attached hydrogen (secondary N) is 1. The number of thiophene rings is 1. The lowest BCUT2D eigenvalue weighted by Crippen LogP contribution is -2.26. The summed E-state index contributed by atoms with van der Waals surface area (Å²) >= 11 is 1.59. The van der Waals surface area contributed by atoms with Crippen LogP contribution < -0.4 is 15.6 Å². The molecule has 0 spiro atoms. The van der Waals surface area contributed by atoms with Crippen molar-refractivity contribution in [2.75, 3.05) is 11.9 Å². The molecule has 3 heterocycles. The quantitative estimate of drug-likeness (QED) is 0.689. The van der Waals surface area contributed by atoms with Gasteiger partial charge in [0.05, 0.1) is 23.9 Å². The fourth-order valence-corrected chi connectivity index (χ4v) is 5.02. The van der Waals surface area contributed by atoms with Crippen molar-refractivity contribution in [1.82, 2.24) is 9.55 Å². The molecule has 0 atom stereocenters. The van der Waals surface area contributed by atoms with Crippen LogP contribution in [-0.4, -0.2) is 27.8 Å². The van der Waals surface area contributed by atoms with Crippen molar-refractivity contribution in [2.24, 2.45) is 0 Å². The van der Waals surface area contributed by atoms with Crippen molar-refractivity contribution in [3.05, 3.63) is 50.9 Å². The molecule has 0 saturated carbocycles. The number of carbonyl (C=O) groups is 2. The van der Waals surface area contributed by atoms with E-state index in [9.17, 15) is 14.4 Å². The molecule has 142 valence electrons. The first-order valence-corrected chi connectivity index (χ1v) is 10.0. The van der Waals surface area contributed by atoms with Gasteiger partial charge in [-0.15, -0.1) is 11.3 Å².